The molecule has 0 unspecified atom stereocenters. The lowest BCUT2D eigenvalue weighted by Crippen LogP contribution is -2.04. The quantitative estimate of drug-likeness (QED) is 0.530. The fourth-order valence-electron chi connectivity index (χ4n) is 1.81. The fourth-order valence-corrected chi connectivity index (χ4v) is 1.81. The van der Waals surface area contributed by atoms with E-state index in [1.54, 1.807) is 42.5 Å². The van der Waals surface area contributed by atoms with Gasteiger partial charge in [0.2, 0.25) is 0 Å². The Morgan fingerprint density at radius 1 is 1.05 bits per heavy atom. The molecule has 5 nitrogen and oxygen atoms in total. The molecule has 0 fully saturated rings. The van der Waals surface area contributed by atoms with Gasteiger partial charge >= 0.3 is 5.97 Å². The number of rotatable bonds is 4. The molecular weight excluding hydrogens is 270 g/mol. The second-order valence-corrected chi connectivity index (χ2v) is 4.40. The van der Waals surface area contributed by atoms with Crippen molar-refractivity contribution in [2.75, 3.05) is 12.8 Å². The van der Waals surface area contributed by atoms with Crippen LogP contribution in [0.5, 0.6) is 11.5 Å². The highest BCUT2D eigenvalue weighted by Gasteiger charge is 2.14. The van der Waals surface area contributed by atoms with Crippen molar-refractivity contribution in [2.45, 2.75) is 6.92 Å². The molecule has 0 aliphatic carbocycles. The summed E-state index contributed by atoms with van der Waals surface area (Å²) >= 11 is 0. The van der Waals surface area contributed by atoms with Gasteiger partial charge in [0.25, 0.3) is 0 Å². The average molecular weight is 285 g/mol. The Balaban J connectivity index is 2.35. The highest BCUT2D eigenvalue weighted by atomic mass is 16.5. The number of nitrogens with two attached hydrogens (primary N) is 1. The number of benzene rings is 2. The molecule has 0 aromatic heterocycles. The van der Waals surface area contributed by atoms with Gasteiger partial charge in [-0.3, -0.25) is 4.79 Å². The van der Waals surface area contributed by atoms with E-state index in [-0.39, 0.29) is 5.78 Å². The van der Waals surface area contributed by atoms with E-state index < -0.39 is 5.97 Å². The number of para-hydroxylation sites is 1. The summed E-state index contributed by atoms with van der Waals surface area (Å²) in [6.07, 6.45) is 0. The standard InChI is InChI=1S/C16H15NO4/c1-10(18)11-7-8-15(13(17)9-11)21-14-6-4-3-5-12(14)16(19)20-2/h3-9H,17H2,1-2H3. The molecule has 2 aromatic rings. The summed E-state index contributed by atoms with van der Waals surface area (Å²) in [7, 11) is 1.30. The van der Waals surface area contributed by atoms with Crippen LogP contribution in [0.2, 0.25) is 0 Å². The molecule has 0 saturated heterocycles. The number of nitrogen functional groups attached to an aromatic ring is 1. The normalized spacial score (nSPS) is 10.0. The molecule has 0 saturated carbocycles. The molecule has 21 heavy (non-hydrogen) atoms. The number of anilines is 1. The van der Waals surface area contributed by atoms with E-state index >= 15 is 0 Å². The van der Waals surface area contributed by atoms with Gasteiger partial charge in [-0.2, -0.15) is 0 Å². The first-order valence-corrected chi connectivity index (χ1v) is 6.28. The van der Waals surface area contributed by atoms with Crippen LogP contribution in [0.25, 0.3) is 0 Å². The van der Waals surface area contributed by atoms with Gasteiger partial charge in [-0.05, 0) is 37.3 Å². The Bertz CT molecular complexity index is 694. The zero-order valence-electron chi connectivity index (χ0n) is 11.8. The fraction of sp³-hybridized carbons (Fsp3) is 0.125. The molecule has 108 valence electrons. The first-order chi connectivity index (χ1) is 10.0. The van der Waals surface area contributed by atoms with Crippen LogP contribution in [0, 0.1) is 0 Å². The van der Waals surface area contributed by atoms with E-state index in [0.717, 1.165) is 0 Å². The predicted octanol–water partition coefficient (Wildman–Crippen LogP) is 3.05. The Kier molecular flexibility index (Phi) is 4.23. The molecule has 0 aliphatic heterocycles. The molecule has 0 atom stereocenters. The van der Waals surface area contributed by atoms with E-state index in [1.807, 2.05) is 0 Å². The molecule has 2 N–H and O–H groups in total. The average Bonchev–Trinajstić information content (AvgIpc) is 2.49. The first-order valence-electron chi connectivity index (χ1n) is 6.28. The maximum absolute atomic E-state index is 11.7. The minimum Gasteiger partial charge on any atom is -0.465 e. The molecule has 0 bridgehead atoms. The lowest BCUT2D eigenvalue weighted by atomic mass is 10.1. The SMILES string of the molecule is COC(=O)c1ccccc1Oc1ccc(C(C)=O)cc1N. The summed E-state index contributed by atoms with van der Waals surface area (Å²) in [5.41, 5.74) is 7.00. The van der Waals surface area contributed by atoms with E-state index in [4.69, 9.17) is 15.2 Å². The minimum absolute atomic E-state index is 0.0804. The molecule has 0 amide bonds. The molecule has 0 aliphatic rings. The number of carbonyl (C=O) groups excluding carboxylic acids is 2. The van der Waals surface area contributed by atoms with Gasteiger partial charge in [0.15, 0.2) is 5.78 Å². The van der Waals surface area contributed by atoms with Crippen molar-refractivity contribution in [3.05, 3.63) is 53.6 Å². The van der Waals surface area contributed by atoms with Gasteiger partial charge in [0, 0.05) is 5.56 Å². The van der Waals surface area contributed by atoms with E-state index in [9.17, 15) is 9.59 Å². The van der Waals surface area contributed by atoms with Crippen LogP contribution in [0.15, 0.2) is 42.5 Å². The van der Waals surface area contributed by atoms with Gasteiger partial charge in [-0.1, -0.05) is 12.1 Å². The van der Waals surface area contributed by atoms with Crippen LogP contribution >= 0.6 is 0 Å². The summed E-state index contributed by atoms with van der Waals surface area (Å²) in [5, 5.41) is 0. The number of ketones is 1. The second kappa shape index (κ2) is 6.09. The van der Waals surface area contributed by atoms with Crippen molar-refractivity contribution in [3.8, 4) is 11.5 Å². The zero-order valence-corrected chi connectivity index (χ0v) is 11.8. The number of esters is 1. The maximum atomic E-state index is 11.7. The van der Waals surface area contributed by atoms with Crippen LogP contribution in [0.3, 0.4) is 0 Å². The number of hydrogen-bond donors (Lipinski definition) is 1. The van der Waals surface area contributed by atoms with Crippen molar-refractivity contribution in [2.24, 2.45) is 0 Å². The van der Waals surface area contributed by atoms with E-state index in [2.05, 4.69) is 0 Å². The summed E-state index contributed by atoms with van der Waals surface area (Å²) in [6.45, 7) is 1.46. The monoisotopic (exact) mass is 285 g/mol. The van der Waals surface area contributed by atoms with Crippen LogP contribution < -0.4 is 10.5 Å². The Morgan fingerprint density at radius 3 is 2.38 bits per heavy atom. The maximum Gasteiger partial charge on any atom is 0.341 e. The van der Waals surface area contributed by atoms with Crippen LogP contribution in [0.4, 0.5) is 5.69 Å². The Morgan fingerprint density at radius 2 is 1.76 bits per heavy atom. The van der Waals surface area contributed by atoms with E-state index in [0.29, 0.717) is 28.3 Å². The van der Waals surface area contributed by atoms with Crippen LogP contribution in [0.1, 0.15) is 27.6 Å². The Hall–Kier alpha value is -2.82. The molecule has 0 heterocycles. The van der Waals surface area contributed by atoms with Crippen molar-refractivity contribution < 1.29 is 19.1 Å². The van der Waals surface area contributed by atoms with Crippen molar-refractivity contribution in [3.63, 3.8) is 0 Å². The van der Waals surface area contributed by atoms with Crippen molar-refractivity contribution >= 4 is 17.4 Å². The summed E-state index contributed by atoms with van der Waals surface area (Å²) < 4.78 is 10.4. The second-order valence-electron chi connectivity index (χ2n) is 4.40. The van der Waals surface area contributed by atoms with Gasteiger partial charge < -0.3 is 15.2 Å². The highest BCUT2D eigenvalue weighted by Crippen LogP contribution is 2.30. The summed E-state index contributed by atoms with van der Waals surface area (Å²) in [4.78, 5) is 23.0. The minimum atomic E-state index is -0.496. The number of hydrogen-bond acceptors (Lipinski definition) is 5. The topological polar surface area (TPSA) is 78.6 Å². The number of ether oxygens (including phenoxy) is 2. The summed E-state index contributed by atoms with van der Waals surface area (Å²) in [6, 6.07) is 11.4. The molecule has 2 aromatic carbocycles. The number of Topliss-reactive ketones (excluding diaryl/α,β-unsaturated/α-hetero) is 1. The van der Waals surface area contributed by atoms with Gasteiger partial charge in [0.1, 0.15) is 17.1 Å². The number of methoxy groups -OCH3 is 1. The van der Waals surface area contributed by atoms with E-state index in [1.165, 1.54) is 14.0 Å². The number of carbonyl (C=O) groups is 2. The van der Waals surface area contributed by atoms with Gasteiger partial charge in [-0.15, -0.1) is 0 Å². The third kappa shape index (κ3) is 3.20. The third-order valence-electron chi connectivity index (χ3n) is 2.93. The smallest absolute Gasteiger partial charge is 0.341 e. The molecule has 0 spiro atoms. The molecule has 2 rings (SSSR count). The van der Waals surface area contributed by atoms with Crippen molar-refractivity contribution in [1.82, 2.24) is 0 Å². The molecule has 5 heteroatoms. The Labute approximate surface area is 122 Å². The third-order valence-corrected chi connectivity index (χ3v) is 2.93. The van der Waals surface area contributed by atoms with Crippen molar-refractivity contribution in [1.29, 1.82) is 0 Å². The predicted molar refractivity (Wildman–Crippen MR) is 78.7 cm³/mol. The summed E-state index contributed by atoms with van der Waals surface area (Å²) in [5.74, 6) is 0.135. The zero-order chi connectivity index (χ0) is 15.4. The largest absolute Gasteiger partial charge is 0.465 e. The first kappa shape index (κ1) is 14.6. The lowest BCUT2D eigenvalue weighted by Gasteiger charge is -2.12. The lowest BCUT2D eigenvalue weighted by molar-refractivity contribution is 0.0598. The molecular formula is C16H15NO4. The van der Waals surface area contributed by atoms with Crippen LogP contribution in [-0.2, 0) is 4.74 Å². The van der Waals surface area contributed by atoms with Gasteiger partial charge in [-0.25, -0.2) is 4.79 Å². The van der Waals surface area contributed by atoms with Gasteiger partial charge in [0.05, 0.1) is 12.8 Å². The molecule has 0 radical (unpaired) electrons. The van der Waals surface area contributed by atoms with Crippen LogP contribution in [-0.4, -0.2) is 18.9 Å². The highest BCUT2D eigenvalue weighted by molar-refractivity contribution is 5.95.